The van der Waals surface area contributed by atoms with Gasteiger partial charge < -0.3 is 9.84 Å². The van der Waals surface area contributed by atoms with Crippen molar-refractivity contribution in [3.05, 3.63) is 48.3 Å². The molecule has 0 radical (unpaired) electrons. The summed E-state index contributed by atoms with van der Waals surface area (Å²) in [5.74, 6) is -0.217. The van der Waals surface area contributed by atoms with Gasteiger partial charge in [-0.25, -0.2) is 9.48 Å². The van der Waals surface area contributed by atoms with E-state index in [1.54, 1.807) is 24.1 Å². The van der Waals surface area contributed by atoms with Crippen LogP contribution in [0.3, 0.4) is 0 Å². The summed E-state index contributed by atoms with van der Waals surface area (Å²) in [5.41, 5.74) is 1.47. The van der Waals surface area contributed by atoms with Crippen molar-refractivity contribution in [2.45, 2.75) is 0 Å². The SMILES string of the molecule is COc1ccc(-n2ccc(/C=C/C(=O)O)n2)cc1. The van der Waals surface area contributed by atoms with Crippen LogP contribution in [-0.4, -0.2) is 28.0 Å². The third kappa shape index (κ3) is 2.76. The Morgan fingerprint density at radius 1 is 1.33 bits per heavy atom. The minimum atomic E-state index is -0.992. The zero-order valence-electron chi connectivity index (χ0n) is 9.78. The molecule has 0 unspecified atom stereocenters. The molecule has 5 nitrogen and oxygen atoms in total. The Bertz CT molecular complexity index is 570. The Balaban J connectivity index is 2.20. The maximum absolute atomic E-state index is 10.4. The van der Waals surface area contributed by atoms with Gasteiger partial charge in [0.25, 0.3) is 0 Å². The van der Waals surface area contributed by atoms with Crippen molar-refractivity contribution in [2.24, 2.45) is 0 Å². The number of hydrogen-bond donors (Lipinski definition) is 1. The highest BCUT2D eigenvalue weighted by Crippen LogP contribution is 2.14. The van der Waals surface area contributed by atoms with E-state index in [9.17, 15) is 4.79 Å². The summed E-state index contributed by atoms with van der Waals surface area (Å²) < 4.78 is 6.74. The quantitative estimate of drug-likeness (QED) is 0.835. The molecule has 0 saturated carbocycles. The lowest BCUT2D eigenvalue weighted by molar-refractivity contribution is -0.131. The Morgan fingerprint density at radius 3 is 2.67 bits per heavy atom. The molecule has 5 heteroatoms. The van der Waals surface area contributed by atoms with Gasteiger partial charge in [0.05, 0.1) is 18.5 Å². The van der Waals surface area contributed by atoms with E-state index in [1.165, 1.54) is 6.08 Å². The molecule has 0 aliphatic rings. The molecule has 92 valence electrons. The lowest BCUT2D eigenvalue weighted by Gasteiger charge is -2.02. The summed E-state index contributed by atoms with van der Waals surface area (Å²) >= 11 is 0. The van der Waals surface area contributed by atoms with Crippen LogP contribution < -0.4 is 4.74 Å². The average molecular weight is 244 g/mol. The third-order valence-electron chi connectivity index (χ3n) is 2.34. The zero-order chi connectivity index (χ0) is 13.0. The van der Waals surface area contributed by atoms with Crippen LogP contribution in [-0.2, 0) is 4.79 Å². The molecule has 18 heavy (non-hydrogen) atoms. The first-order valence-electron chi connectivity index (χ1n) is 5.30. The van der Waals surface area contributed by atoms with Crippen molar-refractivity contribution >= 4 is 12.0 Å². The van der Waals surface area contributed by atoms with Crippen molar-refractivity contribution in [3.8, 4) is 11.4 Å². The van der Waals surface area contributed by atoms with Crippen molar-refractivity contribution in [1.29, 1.82) is 0 Å². The van der Waals surface area contributed by atoms with Crippen LogP contribution in [0.2, 0.25) is 0 Å². The fourth-order valence-corrected chi connectivity index (χ4v) is 1.46. The number of carboxylic acids is 1. The maximum Gasteiger partial charge on any atom is 0.328 e. The number of rotatable bonds is 4. The predicted octanol–water partition coefficient (Wildman–Crippen LogP) is 1.98. The summed E-state index contributed by atoms with van der Waals surface area (Å²) in [6.07, 6.45) is 4.27. The molecule has 2 aromatic rings. The van der Waals surface area contributed by atoms with E-state index >= 15 is 0 Å². The molecular formula is C13H12N2O3. The van der Waals surface area contributed by atoms with Gasteiger partial charge in [-0.1, -0.05) is 0 Å². The highest BCUT2D eigenvalue weighted by molar-refractivity contribution is 5.84. The average Bonchev–Trinajstić information content (AvgIpc) is 2.85. The van der Waals surface area contributed by atoms with E-state index in [-0.39, 0.29) is 0 Å². The highest BCUT2D eigenvalue weighted by atomic mass is 16.5. The molecule has 1 heterocycles. The second-order valence-electron chi connectivity index (χ2n) is 3.55. The first kappa shape index (κ1) is 11.9. The van der Waals surface area contributed by atoms with Crippen LogP contribution in [0.4, 0.5) is 0 Å². The van der Waals surface area contributed by atoms with Gasteiger partial charge in [-0.05, 0) is 36.4 Å². The number of carboxylic acid groups (broad SMARTS) is 1. The van der Waals surface area contributed by atoms with Crippen LogP contribution in [0.1, 0.15) is 5.69 Å². The molecule has 1 aromatic heterocycles. The Kier molecular flexibility index (Phi) is 3.43. The Hall–Kier alpha value is -2.56. The van der Waals surface area contributed by atoms with E-state index in [0.29, 0.717) is 5.69 Å². The van der Waals surface area contributed by atoms with Crippen LogP contribution in [0.25, 0.3) is 11.8 Å². The monoisotopic (exact) mass is 244 g/mol. The fraction of sp³-hybridized carbons (Fsp3) is 0.0769. The molecule has 1 aromatic carbocycles. The molecule has 0 atom stereocenters. The van der Waals surface area contributed by atoms with Crippen molar-refractivity contribution in [3.63, 3.8) is 0 Å². The molecule has 0 saturated heterocycles. The Morgan fingerprint density at radius 2 is 2.06 bits per heavy atom. The molecule has 0 spiro atoms. The van der Waals surface area contributed by atoms with Gasteiger partial charge in [0, 0.05) is 12.3 Å². The number of benzene rings is 1. The van der Waals surface area contributed by atoms with Gasteiger partial charge in [-0.15, -0.1) is 0 Å². The number of carbonyl (C=O) groups is 1. The summed E-state index contributed by atoms with van der Waals surface area (Å²) in [7, 11) is 1.61. The van der Waals surface area contributed by atoms with Crippen molar-refractivity contribution in [2.75, 3.05) is 7.11 Å². The lowest BCUT2D eigenvalue weighted by atomic mass is 10.3. The fourth-order valence-electron chi connectivity index (χ4n) is 1.46. The number of methoxy groups -OCH3 is 1. The molecule has 0 amide bonds. The topological polar surface area (TPSA) is 64.3 Å². The van der Waals surface area contributed by atoms with E-state index in [1.807, 2.05) is 24.3 Å². The summed E-state index contributed by atoms with van der Waals surface area (Å²) in [6.45, 7) is 0. The molecule has 0 bridgehead atoms. The standard InChI is InChI=1S/C13H12N2O3/c1-18-12-5-3-11(4-6-12)15-9-8-10(14-15)2-7-13(16)17/h2-9H,1H3,(H,16,17)/b7-2+. The number of aromatic nitrogens is 2. The van der Waals surface area contributed by atoms with Crippen LogP contribution in [0.15, 0.2) is 42.6 Å². The number of aliphatic carboxylic acids is 1. The number of hydrogen-bond acceptors (Lipinski definition) is 3. The zero-order valence-corrected chi connectivity index (χ0v) is 9.78. The highest BCUT2D eigenvalue weighted by Gasteiger charge is 2.00. The molecule has 0 aliphatic carbocycles. The summed E-state index contributed by atoms with van der Waals surface area (Å²) in [4.78, 5) is 10.4. The van der Waals surface area contributed by atoms with Gasteiger partial charge in [0.15, 0.2) is 0 Å². The van der Waals surface area contributed by atoms with E-state index in [2.05, 4.69) is 5.10 Å². The number of nitrogens with zero attached hydrogens (tertiary/aromatic N) is 2. The van der Waals surface area contributed by atoms with E-state index in [4.69, 9.17) is 9.84 Å². The van der Waals surface area contributed by atoms with E-state index in [0.717, 1.165) is 17.5 Å². The normalized spacial score (nSPS) is 10.7. The van der Waals surface area contributed by atoms with Gasteiger partial charge in [-0.2, -0.15) is 5.10 Å². The molecule has 0 aliphatic heterocycles. The predicted molar refractivity (Wildman–Crippen MR) is 66.8 cm³/mol. The first-order chi connectivity index (χ1) is 8.69. The van der Waals surface area contributed by atoms with Gasteiger partial charge in [0.1, 0.15) is 5.75 Å². The summed E-state index contributed by atoms with van der Waals surface area (Å²) in [5, 5.41) is 12.8. The van der Waals surface area contributed by atoms with Gasteiger partial charge in [0.2, 0.25) is 0 Å². The second kappa shape index (κ2) is 5.18. The van der Waals surface area contributed by atoms with Crippen LogP contribution in [0, 0.1) is 0 Å². The summed E-state index contributed by atoms with van der Waals surface area (Å²) in [6, 6.07) is 9.16. The molecule has 1 N–H and O–H groups in total. The second-order valence-corrected chi connectivity index (χ2v) is 3.55. The van der Waals surface area contributed by atoms with Crippen LogP contribution >= 0.6 is 0 Å². The third-order valence-corrected chi connectivity index (χ3v) is 2.34. The minimum absolute atomic E-state index is 0.591. The number of ether oxygens (including phenoxy) is 1. The Labute approximate surface area is 104 Å². The van der Waals surface area contributed by atoms with Gasteiger partial charge in [-0.3, -0.25) is 0 Å². The largest absolute Gasteiger partial charge is 0.497 e. The van der Waals surface area contributed by atoms with Crippen molar-refractivity contribution in [1.82, 2.24) is 9.78 Å². The van der Waals surface area contributed by atoms with Crippen molar-refractivity contribution < 1.29 is 14.6 Å². The maximum atomic E-state index is 10.4. The lowest BCUT2D eigenvalue weighted by Crippen LogP contribution is -1.95. The smallest absolute Gasteiger partial charge is 0.328 e. The molecule has 0 fully saturated rings. The van der Waals surface area contributed by atoms with E-state index < -0.39 is 5.97 Å². The molecular weight excluding hydrogens is 232 g/mol. The van der Waals surface area contributed by atoms with Crippen LogP contribution in [0.5, 0.6) is 5.75 Å². The minimum Gasteiger partial charge on any atom is -0.497 e. The molecule has 2 rings (SSSR count). The first-order valence-corrected chi connectivity index (χ1v) is 5.30. The van der Waals surface area contributed by atoms with Gasteiger partial charge >= 0.3 is 5.97 Å².